The fourth-order valence-corrected chi connectivity index (χ4v) is 8.00. The molecule has 1 aromatic carbocycles. The summed E-state index contributed by atoms with van der Waals surface area (Å²) in [4.78, 5) is 2.51. The Morgan fingerprint density at radius 2 is 2.00 bits per heavy atom. The Morgan fingerprint density at radius 1 is 1.20 bits per heavy atom. The van der Waals surface area contributed by atoms with Crippen molar-refractivity contribution in [1.29, 1.82) is 0 Å². The molecule has 0 aromatic heterocycles. The molecule has 0 radical (unpaired) electrons. The SMILES string of the molecule is CS(=O)(=O)NCCCS(=O)(=O)N1CCC[C@H]2CN3CCc4c(Cl)cccc4[C@@H]3C[C@H]21. The third-order valence-corrected chi connectivity index (χ3v) is 9.76. The molecule has 4 rings (SSSR count). The molecule has 0 bridgehead atoms. The molecule has 2 fully saturated rings. The van der Waals surface area contributed by atoms with Gasteiger partial charge in [-0.05, 0) is 55.2 Å². The highest BCUT2D eigenvalue weighted by molar-refractivity contribution is 7.89. The Balaban J connectivity index is 1.50. The summed E-state index contributed by atoms with van der Waals surface area (Å²) in [5.74, 6) is 0.315. The molecule has 1 aromatic rings. The van der Waals surface area contributed by atoms with Crippen molar-refractivity contribution < 1.29 is 16.8 Å². The van der Waals surface area contributed by atoms with E-state index in [4.69, 9.17) is 11.6 Å². The highest BCUT2D eigenvalue weighted by atomic mass is 35.5. The molecule has 3 heterocycles. The fourth-order valence-electron chi connectivity index (χ4n) is 5.38. The fraction of sp³-hybridized carbons (Fsp3) is 0.700. The van der Waals surface area contributed by atoms with Gasteiger partial charge in [0.2, 0.25) is 20.0 Å². The van der Waals surface area contributed by atoms with E-state index in [0.717, 1.165) is 50.1 Å². The zero-order chi connectivity index (χ0) is 21.5. The zero-order valence-corrected chi connectivity index (χ0v) is 19.6. The number of rotatable bonds is 6. The van der Waals surface area contributed by atoms with Crippen LogP contribution in [-0.2, 0) is 26.5 Å². The van der Waals surface area contributed by atoms with Crippen LogP contribution in [0.5, 0.6) is 0 Å². The maximum Gasteiger partial charge on any atom is 0.214 e. The van der Waals surface area contributed by atoms with E-state index in [2.05, 4.69) is 15.7 Å². The van der Waals surface area contributed by atoms with E-state index in [0.29, 0.717) is 12.5 Å². The van der Waals surface area contributed by atoms with Crippen LogP contribution in [0, 0.1) is 5.92 Å². The van der Waals surface area contributed by atoms with Crippen molar-refractivity contribution in [3.63, 3.8) is 0 Å². The van der Waals surface area contributed by atoms with Gasteiger partial charge in [0.05, 0.1) is 12.0 Å². The number of benzene rings is 1. The molecule has 168 valence electrons. The summed E-state index contributed by atoms with van der Waals surface area (Å²) < 4.78 is 52.8. The van der Waals surface area contributed by atoms with E-state index in [1.165, 1.54) is 11.1 Å². The Hall–Kier alpha value is -0.710. The summed E-state index contributed by atoms with van der Waals surface area (Å²) in [6.45, 7) is 2.58. The van der Waals surface area contributed by atoms with Gasteiger partial charge in [-0.2, -0.15) is 4.31 Å². The van der Waals surface area contributed by atoms with Gasteiger partial charge < -0.3 is 0 Å². The molecule has 0 saturated carbocycles. The lowest BCUT2D eigenvalue weighted by Crippen LogP contribution is -2.57. The van der Waals surface area contributed by atoms with E-state index >= 15 is 0 Å². The van der Waals surface area contributed by atoms with Gasteiger partial charge >= 0.3 is 0 Å². The van der Waals surface area contributed by atoms with Crippen LogP contribution < -0.4 is 4.72 Å². The first-order valence-corrected chi connectivity index (χ1v) is 14.5. The van der Waals surface area contributed by atoms with Crippen molar-refractivity contribution >= 4 is 31.6 Å². The molecule has 0 amide bonds. The largest absolute Gasteiger partial charge is 0.296 e. The van der Waals surface area contributed by atoms with Crippen LogP contribution in [0.25, 0.3) is 0 Å². The van der Waals surface area contributed by atoms with Crippen molar-refractivity contribution in [2.75, 3.05) is 38.2 Å². The molecule has 1 N–H and O–H groups in total. The zero-order valence-electron chi connectivity index (χ0n) is 17.3. The number of sulfonamides is 2. The molecule has 3 atom stereocenters. The quantitative estimate of drug-likeness (QED) is 0.636. The molecule has 0 unspecified atom stereocenters. The lowest BCUT2D eigenvalue weighted by Gasteiger charge is -2.51. The van der Waals surface area contributed by atoms with E-state index in [1.54, 1.807) is 4.31 Å². The van der Waals surface area contributed by atoms with Crippen LogP contribution in [0.4, 0.5) is 0 Å². The lowest BCUT2D eigenvalue weighted by molar-refractivity contribution is 0.0220. The van der Waals surface area contributed by atoms with Gasteiger partial charge in [0.25, 0.3) is 0 Å². The first kappa shape index (κ1) is 22.5. The van der Waals surface area contributed by atoms with Gasteiger partial charge in [0.15, 0.2) is 0 Å². The number of piperidine rings is 2. The second kappa shape index (κ2) is 8.67. The average molecular weight is 476 g/mol. The van der Waals surface area contributed by atoms with Crippen molar-refractivity contribution in [3.8, 4) is 0 Å². The number of nitrogens with zero attached hydrogens (tertiary/aromatic N) is 2. The molecule has 0 spiro atoms. The van der Waals surface area contributed by atoms with Crippen molar-refractivity contribution in [1.82, 2.24) is 13.9 Å². The molecular weight excluding hydrogens is 446 g/mol. The highest BCUT2D eigenvalue weighted by Crippen LogP contribution is 2.44. The molecule has 3 aliphatic rings. The summed E-state index contributed by atoms with van der Waals surface area (Å²) in [5, 5.41) is 0.806. The molecule has 0 aliphatic carbocycles. The number of fused-ring (bicyclic) bond motifs is 4. The Labute approximate surface area is 184 Å². The second-order valence-corrected chi connectivity index (χ2v) is 13.0. The Morgan fingerprint density at radius 3 is 2.77 bits per heavy atom. The minimum atomic E-state index is -3.44. The first-order valence-electron chi connectivity index (χ1n) is 10.6. The van der Waals surface area contributed by atoms with Gasteiger partial charge in [-0.15, -0.1) is 0 Å². The van der Waals surface area contributed by atoms with Gasteiger partial charge in [-0.3, -0.25) is 4.90 Å². The summed E-state index contributed by atoms with van der Waals surface area (Å²) >= 11 is 6.44. The first-order chi connectivity index (χ1) is 14.2. The van der Waals surface area contributed by atoms with Crippen molar-refractivity contribution in [3.05, 3.63) is 34.3 Å². The van der Waals surface area contributed by atoms with Gasteiger partial charge in [0.1, 0.15) is 0 Å². The molecule has 3 aliphatic heterocycles. The van der Waals surface area contributed by atoms with E-state index in [9.17, 15) is 16.8 Å². The maximum atomic E-state index is 13.1. The Kier molecular flexibility index (Phi) is 6.50. The van der Waals surface area contributed by atoms with E-state index in [1.807, 2.05) is 12.1 Å². The van der Waals surface area contributed by atoms with Crippen LogP contribution in [0.3, 0.4) is 0 Å². The number of nitrogens with one attached hydrogen (secondary N) is 1. The molecule has 7 nitrogen and oxygen atoms in total. The van der Waals surface area contributed by atoms with Crippen LogP contribution in [0.2, 0.25) is 5.02 Å². The van der Waals surface area contributed by atoms with Gasteiger partial charge in [-0.25, -0.2) is 21.6 Å². The number of hydrogen-bond acceptors (Lipinski definition) is 5. The normalized spacial score (nSPS) is 27.9. The molecular formula is C20H30ClN3O4S2. The molecule has 2 saturated heterocycles. The number of halogens is 1. The highest BCUT2D eigenvalue weighted by Gasteiger charge is 2.45. The molecule has 30 heavy (non-hydrogen) atoms. The molecule has 10 heteroatoms. The maximum absolute atomic E-state index is 13.1. The van der Waals surface area contributed by atoms with E-state index < -0.39 is 20.0 Å². The topological polar surface area (TPSA) is 86.8 Å². The van der Waals surface area contributed by atoms with Crippen molar-refractivity contribution in [2.45, 2.75) is 44.2 Å². The minimum absolute atomic E-state index is 0.00204. The summed E-state index contributed by atoms with van der Waals surface area (Å²) in [6, 6.07) is 6.26. The monoisotopic (exact) mass is 475 g/mol. The predicted molar refractivity (Wildman–Crippen MR) is 119 cm³/mol. The third kappa shape index (κ3) is 4.71. The smallest absolute Gasteiger partial charge is 0.214 e. The summed E-state index contributed by atoms with van der Waals surface area (Å²) in [5.41, 5.74) is 2.45. The Bertz CT molecular complexity index is 999. The second-order valence-electron chi connectivity index (χ2n) is 8.72. The van der Waals surface area contributed by atoms with E-state index in [-0.39, 0.29) is 30.8 Å². The lowest BCUT2D eigenvalue weighted by atomic mass is 9.77. The third-order valence-electron chi connectivity index (χ3n) is 6.71. The summed E-state index contributed by atoms with van der Waals surface area (Å²) in [6.07, 6.45) is 5.02. The standard InChI is InChI=1S/C20H30ClN3O4S2/c1-29(25,26)22-9-4-12-30(27,28)24-10-3-5-15-14-23-11-8-16-17(6-2-7-18(16)21)20(23)13-19(15)24/h2,6-7,15,19-20,22H,3-5,8-14H2,1H3/t15-,19+,20-/m0/s1. The van der Waals surface area contributed by atoms with Crippen LogP contribution in [-0.4, -0.2) is 70.3 Å². The summed E-state index contributed by atoms with van der Waals surface area (Å²) in [7, 11) is -6.75. The average Bonchev–Trinajstić information content (AvgIpc) is 2.69. The van der Waals surface area contributed by atoms with Crippen LogP contribution in [0.15, 0.2) is 18.2 Å². The minimum Gasteiger partial charge on any atom is -0.296 e. The van der Waals surface area contributed by atoms with Crippen molar-refractivity contribution in [2.24, 2.45) is 5.92 Å². The van der Waals surface area contributed by atoms with Gasteiger partial charge in [0, 0.05) is 43.3 Å². The van der Waals surface area contributed by atoms with Crippen LogP contribution >= 0.6 is 11.6 Å². The van der Waals surface area contributed by atoms with Gasteiger partial charge in [-0.1, -0.05) is 23.7 Å². The number of hydrogen-bond donors (Lipinski definition) is 1. The predicted octanol–water partition coefficient (Wildman–Crippen LogP) is 1.99. The van der Waals surface area contributed by atoms with Crippen LogP contribution in [0.1, 0.15) is 42.9 Å².